The van der Waals surface area contributed by atoms with Crippen LogP contribution in [0.5, 0.6) is 0 Å². The summed E-state index contributed by atoms with van der Waals surface area (Å²) in [5.74, 6) is 3.32. The van der Waals surface area contributed by atoms with E-state index in [1.54, 1.807) is 11.8 Å². The molecule has 2 N–H and O–H groups in total. The van der Waals surface area contributed by atoms with Crippen LogP contribution in [0.1, 0.15) is 32.0 Å². The van der Waals surface area contributed by atoms with Crippen molar-refractivity contribution in [2.24, 2.45) is 5.73 Å². The van der Waals surface area contributed by atoms with Gasteiger partial charge in [0.05, 0.1) is 5.75 Å². The second-order valence-corrected chi connectivity index (χ2v) is 4.39. The molecule has 14 heavy (non-hydrogen) atoms. The van der Waals surface area contributed by atoms with Crippen LogP contribution in [0.2, 0.25) is 0 Å². The number of nitrogens with two attached hydrogens (primary N) is 1. The van der Waals surface area contributed by atoms with Crippen molar-refractivity contribution in [3.63, 3.8) is 0 Å². The van der Waals surface area contributed by atoms with Gasteiger partial charge in [-0.05, 0) is 12.2 Å². The highest BCUT2D eigenvalue weighted by molar-refractivity contribution is 7.98. The first-order valence-corrected chi connectivity index (χ1v) is 6.06. The van der Waals surface area contributed by atoms with Gasteiger partial charge in [0, 0.05) is 12.5 Å². The van der Waals surface area contributed by atoms with Crippen LogP contribution in [0.25, 0.3) is 0 Å². The Labute approximate surface area is 88.6 Å². The van der Waals surface area contributed by atoms with Crippen molar-refractivity contribution in [1.29, 1.82) is 0 Å². The minimum Gasteiger partial charge on any atom is -0.339 e. The third-order valence-corrected chi connectivity index (χ3v) is 2.78. The molecule has 4 nitrogen and oxygen atoms in total. The molecule has 1 rings (SSSR count). The summed E-state index contributed by atoms with van der Waals surface area (Å²) < 4.78 is 5.08. The van der Waals surface area contributed by atoms with E-state index in [2.05, 4.69) is 24.0 Å². The van der Waals surface area contributed by atoms with Gasteiger partial charge >= 0.3 is 0 Å². The van der Waals surface area contributed by atoms with E-state index < -0.39 is 0 Å². The maximum Gasteiger partial charge on any atom is 0.228 e. The zero-order valence-corrected chi connectivity index (χ0v) is 9.51. The second-order valence-electron chi connectivity index (χ2n) is 3.11. The molecule has 0 amide bonds. The molecule has 1 aromatic heterocycles. The molecule has 1 atom stereocenters. The van der Waals surface area contributed by atoms with Crippen LogP contribution >= 0.6 is 11.8 Å². The molecule has 0 aliphatic heterocycles. The van der Waals surface area contributed by atoms with E-state index in [0.29, 0.717) is 12.3 Å². The highest BCUT2D eigenvalue weighted by Crippen LogP contribution is 2.09. The Morgan fingerprint density at radius 1 is 1.50 bits per heavy atom. The first-order chi connectivity index (χ1) is 6.76. The Morgan fingerprint density at radius 2 is 2.29 bits per heavy atom. The van der Waals surface area contributed by atoms with Gasteiger partial charge in [-0.2, -0.15) is 16.7 Å². The van der Waals surface area contributed by atoms with E-state index in [0.717, 1.165) is 23.8 Å². The van der Waals surface area contributed by atoms with E-state index in [9.17, 15) is 0 Å². The molecule has 0 saturated carbocycles. The Hall–Kier alpha value is -0.550. The maximum atomic E-state index is 5.78. The fraction of sp³-hybridized carbons (Fsp3) is 0.778. The zero-order valence-electron chi connectivity index (χ0n) is 8.69. The molecular weight excluding hydrogens is 198 g/mol. The summed E-state index contributed by atoms with van der Waals surface area (Å²) in [6, 6.07) is 0.127. The Balaban J connectivity index is 2.42. The lowest BCUT2D eigenvalue weighted by molar-refractivity contribution is 0.364. The predicted molar refractivity (Wildman–Crippen MR) is 58.1 cm³/mol. The lowest BCUT2D eigenvalue weighted by Crippen LogP contribution is -2.21. The summed E-state index contributed by atoms with van der Waals surface area (Å²) >= 11 is 1.78. The fourth-order valence-corrected chi connectivity index (χ4v) is 1.50. The highest BCUT2D eigenvalue weighted by atomic mass is 32.2. The van der Waals surface area contributed by atoms with Crippen LogP contribution in [0.15, 0.2) is 4.52 Å². The number of nitrogens with zero attached hydrogens (tertiary/aromatic N) is 2. The molecule has 0 spiro atoms. The minimum absolute atomic E-state index is 0.127. The summed E-state index contributed by atoms with van der Waals surface area (Å²) in [7, 11) is 0. The fourth-order valence-electron chi connectivity index (χ4n) is 0.994. The number of hydrogen-bond donors (Lipinski definition) is 1. The van der Waals surface area contributed by atoms with Crippen molar-refractivity contribution in [3.05, 3.63) is 11.7 Å². The lowest BCUT2D eigenvalue weighted by atomic mass is 10.2. The molecular formula is C9H17N3OS. The summed E-state index contributed by atoms with van der Waals surface area (Å²) in [5, 5.41) is 3.88. The topological polar surface area (TPSA) is 64.9 Å². The summed E-state index contributed by atoms with van der Waals surface area (Å²) in [4.78, 5) is 4.26. The van der Waals surface area contributed by atoms with Crippen molar-refractivity contribution in [2.45, 2.75) is 38.5 Å². The lowest BCUT2D eigenvalue weighted by Gasteiger charge is -2.02. The number of aromatic nitrogens is 2. The van der Waals surface area contributed by atoms with Gasteiger partial charge in [-0.1, -0.05) is 19.0 Å². The molecule has 1 heterocycles. The van der Waals surface area contributed by atoms with Crippen molar-refractivity contribution in [3.8, 4) is 0 Å². The SMILES string of the molecule is CCSCc1noc(CC(N)CC)n1. The molecule has 0 fully saturated rings. The molecule has 0 aromatic carbocycles. The molecule has 0 aliphatic rings. The first kappa shape index (κ1) is 11.5. The highest BCUT2D eigenvalue weighted by Gasteiger charge is 2.09. The van der Waals surface area contributed by atoms with E-state index in [1.165, 1.54) is 0 Å². The van der Waals surface area contributed by atoms with Gasteiger partial charge in [-0.25, -0.2) is 0 Å². The third kappa shape index (κ3) is 3.67. The number of rotatable bonds is 6. The predicted octanol–water partition coefficient (Wildman–Crippen LogP) is 1.60. The van der Waals surface area contributed by atoms with Gasteiger partial charge < -0.3 is 10.3 Å². The first-order valence-electron chi connectivity index (χ1n) is 4.91. The van der Waals surface area contributed by atoms with Gasteiger partial charge in [-0.15, -0.1) is 0 Å². The molecule has 0 aliphatic carbocycles. The van der Waals surface area contributed by atoms with E-state index in [1.807, 2.05) is 0 Å². The maximum absolute atomic E-state index is 5.78. The molecule has 1 unspecified atom stereocenters. The van der Waals surface area contributed by atoms with Crippen molar-refractivity contribution < 1.29 is 4.52 Å². The standard InChI is InChI=1S/C9H17N3OS/c1-3-7(10)5-9-11-8(12-13-9)6-14-4-2/h7H,3-6,10H2,1-2H3. The van der Waals surface area contributed by atoms with E-state index in [-0.39, 0.29) is 6.04 Å². The smallest absolute Gasteiger partial charge is 0.228 e. The molecule has 0 radical (unpaired) electrons. The normalized spacial score (nSPS) is 13.1. The monoisotopic (exact) mass is 215 g/mol. The van der Waals surface area contributed by atoms with Crippen LogP contribution in [0.3, 0.4) is 0 Å². The van der Waals surface area contributed by atoms with Gasteiger partial charge in [0.1, 0.15) is 0 Å². The Bertz CT molecular complexity index is 264. The Morgan fingerprint density at radius 3 is 2.93 bits per heavy atom. The Kier molecular flexibility index (Phi) is 4.97. The third-order valence-electron chi connectivity index (χ3n) is 1.91. The summed E-state index contributed by atoms with van der Waals surface area (Å²) in [5.41, 5.74) is 5.78. The average molecular weight is 215 g/mol. The van der Waals surface area contributed by atoms with Crippen molar-refractivity contribution in [1.82, 2.24) is 10.1 Å². The second kappa shape index (κ2) is 6.03. The molecule has 80 valence electrons. The molecule has 0 bridgehead atoms. The van der Waals surface area contributed by atoms with E-state index >= 15 is 0 Å². The van der Waals surface area contributed by atoms with Crippen LogP contribution < -0.4 is 5.73 Å². The van der Waals surface area contributed by atoms with E-state index in [4.69, 9.17) is 10.3 Å². The van der Waals surface area contributed by atoms with Gasteiger partial charge in [-0.3, -0.25) is 0 Å². The van der Waals surface area contributed by atoms with Crippen LogP contribution in [0.4, 0.5) is 0 Å². The molecule has 5 heteroatoms. The number of thioether (sulfide) groups is 1. The van der Waals surface area contributed by atoms with Crippen LogP contribution in [-0.4, -0.2) is 21.9 Å². The average Bonchev–Trinajstić information content (AvgIpc) is 2.62. The van der Waals surface area contributed by atoms with Gasteiger partial charge in [0.15, 0.2) is 5.82 Å². The minimum atomic E-state index is 0.127. The van der Waals surface area contributed by atoms with Crippen LogP contribution in [0, 0.1) is 0 Å². The van der Waals surface area contributed by atoms with Gasteiger partial charge in [0.25, 0.3) is 0 Å². The van der Waals surface area contributed by atoms with Crippen molar-refractivity contribution >= 4 is 11.8 Å². The quantitative estimate of drug-likeness (QED) is 0.781. The summed E-state index contributed by atoms with van der Waals surface area (Å²) in [6.45, 7) is 4.16. The molecule has 0 saturated heterocycles. The van der Waals surface area contributed by atoms with Crippen LogP contribution in [-0.2, 0) is 12.2 Å². The summed E-state index contributed by atoms with van der Waals surface area (Å²) in [6.07, 6.45) is 1.61. The molecule has 1 aromatic rings. The zero-order chi connectivity index (χ0) is 10.4. The van der Waals surface area contributed by atoms with Gasteiger partial charge in [0.2, 0.25) is 5.89 Å². The van der Waals surface area contributed by atoms with Crippen molar-refractivity contribution in [2.75, 3.05) is 5.75 Å². The number of hydrogen-bond acceptors (Lipinski definition) is 5. The largest absolute Gasteiger partial charge is 0.339 e.